The molecule has 22 heavy (non-hydrogen) atoms. The normalized spacial score (nSPS) is 10.7. The van der Waals surface area contributed by atoms with Crippen molar-refractivity contribution in [3.8, 4) is 5.82 Å². The largest absolute Gasteiger partial charge is 0.354 e. The van der Waals surface area contributed by atoms with E-state index < -0.39 is 0 Å². The van der Waals surface area contributed by atoms with E-state index in [2.05, 4.69) is 15.1 Å². The van der Waals surface area contributed by atoms with Gasteiger partial charge >= 0.3 is 0 Å². The highest BCUT2D eigenvalue weighted by molar-refractivity contribution is 6.42. The number of rotatable bonds is 4. The lowest BCUT2D eigenvalue weighted by Crippen LogP contribution is -2.18. The van der Waals surface area contributed by atoms with Crippen LogP contribution < -0.4 is 4.90 Å². The molecule has 0 unspecified atom stereocenters. The Morgan fingerprint density at radius 2 is 2.05 bits per heavy atom. The molecule has 0 aliphatic heterocycles. The van der Waals surface area contributed by atoms with Crippen molar-refractivity contribution in [2.24, 2.45) is 0 Å². The van der Waals surface area contributed by atoms with Crippen molar-refractivity contribution >= 4 is 29.0 Å². The molecule has 5 nitrogen and oxygen atoms in total. The molecule has 1 aromatic carbocycles. The molecule has 112 valence electrons. The predicted octanol–water partition coefficient (Wildman–Crippen LogP) is 3.61. The summed E-state index contributed by atoms with van der Waals surface area (Å²) in [6.45, 7) is 0.647. The van der Waals surface area contributed by atoms with Crippen molar-refractivity contribution in [3.05, 3.63) is 64.7 Å². The Morgan fingerprint density at radius 1 is 1.18 bits per heavy atom. The fourth-order valence-corrected chi connectivity index (χ4v) is 2.36. The standard InChI is InChI=1S/C15H13Cl2N5/c1-21(10-11-3-4-12(16)13(17)7-11)14-8-18-9-15(20-14)22-6-2-5-19-22/h2-9H,10H2,1H3. The Hall–Kier alpha value is -2.11. The zero-order valence-corrected chi connectivity index (χ0v) is 13.3. The highest BCUT2D eigenvalue weighted by Gasteiger charge is 2.08. The number of benzene rings is 1. The highest BCUT2D eigenvalue weighted by Crippen LogP contribution is 2.23. The van der Waals surface area contributed by atoms with Crippen LogP contribution in [0, 0.1) is 0 Å². The second kappa shape index (κ2) is 6.34. The maximum atomic E-state index is 6.05. The molecule has 3 rings (SSSR count). The van der Waals surface area contributed by atoms with E-state index in [0.29, 0.717) is 22.4 Å². The Bertz CT molecular complexity index is 773. The first kappa shape index (κ1) is 14.8. The van der Waals surface area contributed by atoms with E-state index in [1.54, 1.807) is 29.3 Å². The number of aromatic nitrogens is 4. The Labute approximate surface area is 138 Å². The average Bonchev–Trinajstić information content (AvgIpc) is 3.05. The zero-order chi connectivity index (χ0) is 15.5. The summed E-state index contributed by atoms with van der Waals surface area (Å²) in [5.41, 5.74) is 1.04. The summed E-state index contributed by atoms with van der Waals surface area (Å²) in [6, 6.07) is 7.42. The van der Waals surface area contributed by atoms with E-state index in [9.17, 15) is 0 Å². The van der Waals surface area contributed by atoms with Gasteiger partial charge in [0, 0.05) is 26.0 Å². The number of hydrogen-bond donors (Lipinski definition) is 0. The minimum absolute atomic E-state index is 0.545. The maximum Gasteiger partial charge on any atom is 0.173 e. The molecule has 0 aliphatic carbocycles. The van der Waals surface area contributed by atoms with Crippen LogP contribution in [-0.2, 0) is 6.54 Å². The van der Waals surface area contributed by atoms with Crippen LogP contribution in [0.4, 0.5) is 5.82 Å². The summed E-state index contributed by atoms with van der Waals surface area (Å²) < 4.78 is 1.67. The van der Waals surface area contributed by atoms with Crippen molar-refractivity contribution in [2.75, 3.05) is 11.9 Å². The van der Waals surface area contributed by atoms with Gasteiger partial charge in [0.2, 0.25) is 0 Å². The fourth-order valence-electron chi connectivity index (χ4n) is 2.04. The molecule has 2 aromatic heterocycles. The van der Waals surface area contributed by atoms with Crippen LogP contribution in [0.3, 0.4) is 0 Å². The quantitative estimate of drug-likeness (QED) is 0.731. The van der Waals surface area contributed by atoms with Gasteiger partial charge in [-0.25, -0.2) is 9.67 Å². The van der Waals surface area contributed by atoms with Gasteiger partial charge in [-0.2, -0.15) is 5.10 Å². The first-order chi connectivity index (χ1) is 10.6. The minimum atomic E-state index is 0.545. The van der Waals surface area contributed by atoms with Gasteiger partial charge in [-0.3, -0.25) is 4.98 Å². The van der Waals surface area contributed by atoms with Gasteiger partial charge in [-0.15, -0.1) is 0 Å². The molecule has 3 aromatic rings. The van der Waals surface area contributed by atoms with E-state index in [0.717, 1.165) is 11.4 Å². The van der Waals surface area contributed by atoms with E-state index in [4.69, 9.17) is 23.2 Å². The van der Waals surface area contributed by atoms with Gasteiger partial charge in [0.15, 0.2) is 5.82 Å². The van der Waals surface area contributed by atoms with E-state index in [1.165, 1.54) is 0 Å². The van der Waals surface area contributed by atoms with Gasteiger partial charge in [0.1, 0.15) is 5.82 Å². The maximum absolute atomic E-state index is 6.05. The lowest BCUT2D eigenvalue weighted by Gasteiger charge is -2.18. The summed E-state index contributed by atoms with van der Waals surface area (Å²) in [6.07, 6.45) is 6.91. The molecule has 0 saturated heterocycles. The van der Waals surface area contributed by atoms with Crippen molar-refractivity contribution in [3.63, 3.8) is 0 Å². The molecule has 0 aliphatic rings. The summed E-state index contributed by atoms with van der Waals surface area (Å²) >= 11 is 12.0. The highest BCUT2D eigenvalue weighted by atomic mass is 35.5. The lowest BCUT2D eigenvalue weighted by molar-refractivity contribution is 0.818. The second-order valence-corrected chi connectivity index (χ2v) is 5.61. The summed E-state index contributed by atoms with van der Waals surface area (Å²) in [7, 11) is 1.94. The summed E-state index contributed by atoms with van der Waals surface area (Å²) in [5.74, 6) is 1.42. The smallest absolute Gasteiger partial charge is 0.173 e. The molecule has 0 radical (unpaired) electrons. The first-order valence-corrected chi connectivity index (χ1v) is 7.36. The van der Waals surface area contributed by atoms with E-state index in [1.807, 2.05) is 36.3 Å². The van der Waals surface area contributed by atoms with Crippen molar-refractivity contribution < 1.29 is 0 Å². The minimum Gasteiger partial charge on any atom is -0.354 e. The van der Waals surface area contributed by atoms with Gasteiger partial charge in [0.25, 0.3) is 0 Å². The number of halogens is 2. The SMILES string of the molecule is CN(Cc1ccc(Cl)c(Cl)c1)c1cncc(-n2cccn2)n1. The average molecular weight is 334 g/mol. The van der Waals surface area contributed by atoms with Gasteiger partial charge in [-0.1, -0.05) is 29.3 Å². The van der Waals surface area contributed by atoms with Crippen LogP contribution in [0.25, 0.3) is 5.82 Å². The number of nitrogens with zero attached hydrogens (tertiary/aromatic N) is 5. The second-order valence-electron chi connectivity index (χ2n) is 4.79. The third-order valence-electron chi connectivity index (χ3n) is 3.14. The molecule has 0 spiro atoms. The van der Waals surface area contributed by atoms with Gasteiger partial charge < -0.3 is 4.90 Å². The molecule has 2 heterocycles. The summed E-state index contributed by atoms with van der Waals surface area (Å²) in [4.78, 5) is 10.8. The van der Waals surface area contributed by atoms with Crippen molar-refractivity contribution in [2.45, 2.75) is 6.54 Å². The molecule has 0 N–H and O–H groups in total. The molecule has 0 atom stereocenters. The van der Waals surface area contributed by atoms with Crippen molar-refractivity contribution in [1.82, 2.24) is 19.7 Å². The van der Waals surface area contributed by atoms with Crippen LogP contribution in [-0.4, -0.2) is 26.8 Å². The van der Waals surface area contributed by atoms with Crippen LogP contribution in [0.5, 0.6) is 0 Å². The monoisotopic (exact) mass is 333 g/mol. The number of hydrogen-bond acceptors (Lipinski definition) is 4. The topological polar surface area (TPSA) is 46.8 Å². The molecule has 0 bridgehead atoms. The van der Waals surface area contributed by atoms with E-state index in [-0.39, 0.29) is 0 Å². The van der Waals surface area contributed by atoms with E-state index >= 15 is 0 Å². The van der Waals surface area contributed by atoms with Crippen LogP contribution >= 0.6 is 23.2 Å². The lowest BCUT2D eigenvalue weighted by atomic mass is 10.2. The van der Waals surface area contributed by atoms with Gasteiger partial charge in [-0.05, 0) is 23.8 Å². The molecule has 0 amide bonds. The number of anilines is 1. The molecule has 7 heteroatoms. The molecule has 0 fully saturated rings. The third kappa shape index (κ3) is 3.21. The van der Waals surface area contributed by atoms with Crippen LogP contribution in [0.1, 0.15) is 5.56 Å². The zero-order valence-electron chi connectivity index (χ0n) is 11.8. The van der Waals surface area contributed by atoms with Crippen LogP contribution in [0.15, 0.2) is 49.1 Å². The Morgan fingerprint density at radius 3 is 2.77 bits per heavy atom. The first-order valence-electron chi connectivity index (χ1n) is 6.60. The molecular weight excluding hydrogens is 321 g/mol. The van der Waals surface area contributed by atoms with Crippen molar-refractivity contribution in [1.29, 1.82) is 0 Å². The van der Waals surface area contributed by atoms with Crippen LogP contribution in [0.2, 0.25) is 10.0 Å². The molecule has 0 saturated carbocycles. The van der Waals surface area contributed by atoms with Gasteiger partial charge in [0.05, 0.1) is 22.4 Å². The predicted molar refractivity (Wildman–Crippen MR) is 87.7 cm³/mol. The fraction of sp³-hybridized carbons (Fsp3) is 0.133. The Balaban J connectivity index is 1.81. The molecular formula is C15H13Cl2N5. The third-order valence-corrected chi connectivity index (χ3v) is 3.88. The summed E-state index contributed by atoms with van der Waals surface area (Å²) in [5, 5.41) is 5.25. The Kier molecular flexibility index (Phi) is 4.27.